The van der Waals surface area contributed by atoms with Crippen LogP contribution in [0, 0.1) is 5.92 Å². The molecule has 0 radical (unpaired) electrons. The van der Waals surface area contributed by atoms with Gasteiger partial charge in [-0.15, -0.1) is 0 Å². The molecule has 0 aromatic heterocycles. The summed E-state index contributed by atoms with van der Waals surface area (Å²) in [7, 11) is 0. The topological polar surface area (TPSA) is 44.8 Å². The van der Waals surface area contributed by atoms with Crippen molar-refractivity contribution in [2.45, 2.75) is 69.5 Å². The van der Waals surface area contributed by atoms with E-state index in [-0.39, 0.29) is 11.5 Å². The van der Waals surface area contributed by atoms with Gasteiger partial charge in [-0.25, -0.2) is 0 Å². The van der Waals surface area contributed by atoms with E-state index in [2.05, 4.69) is 0 Å². The zero-order chi connectivity index (χ0) is 14.8. The van der Waals surface area contributed by atoms with Gasteiger partial charge in [0.05, 0.1) is 5.60 Å². The fourth-order valence-corrected chi connectivity index (χ4v) is 4.40. The van der Waals surface area contributed by atoms with Crippen LogP contribution in [0.5, 0.6) is 0 Å². The Morgan fingerprint density at radius 1 is 1.14 bits per heavy atom. The summed E-state index contributed by atoms with van der Waals surface area (Å²) in [5.74, 6) is 0.470. The Morgan fingerprint density at radius 3 is 2.52 bits per heavy atom. The molecule has 1 spiro atoms. The van der Waals surface area contributed by atoms with Gasteiger partial charge in [-0.2, -0.15) is 0 Å². The van der Waals surface area contributed by atoms with Crippen LogP contribution in [0.25, 0.3) is 0 Å². The number of hydrogen-bond acceptors (Lipinski definition) is 4. The molecular formula is C17H28O4. The molecule has 3 aliphatic rings. The lowest BCUT2D eigenvalue weighted by atomic mass is 9.75. The summed E-state index contributed by atoms with van der Waals surface area (Å²) in [5.41, 5.74) is -0.591. The van der Waals surface area contributed by atoms with Gasteiger partial charge >= 0.3 is 0 Å². The predicted octanol–water partition coefficient (Wildman–Crippen LogP) is 2.88. The maximum atomic E-state index is 13.1. The van der Waals surface area contributed by atoms with Gasteiger partial charge in [0, 0.05) is 32.3 Å². The zero-order valence-electron chi connectivity index (χ0n) is 13.2. The van der Waals surface area contributed by atoms with E-state index < -0.39 is 5.60 Å². The van der Waals surface area contributed by atoms with Crippen molar-refractivity contribution < 1.29 is 19.0 Å². The molecule has 2 aliphatic heterocycles. The second kappa shape index (κ2) is 6.35. The van der Waals surface area contributed by atoms with Gasteiger partial charge in [0.2, 0.25) is 0 Å². The monoisotopic (exact) mass is 296 g/mol. The number of hydrogen-bond donors (Lipinski definition) is 0. The Morgan fingerprint density at radius 2 is 1.86 bits per heavy atom. The van der Waals surface area contributed by atoms with Crippen LogP contribution in [0.15, 0.2) is 0 Å². The molecule has 120 valence electrons. The number of ether oxygens (including phenoxy) is 3. The Balaban J connectivity index is 1.71. The molecule has 0 bridgehead atoms. The highest BCUT2D eigenvalue weighted by Crippen LogP contribution is 2.42. The van der Waals surface area contributed by atoms with Crippen LogP contribution in [0.4, 0.5) is 0 Å². The van der Waals surface area contributed by atoms with Crippen molar-refractivity contribution in [3.63, 3.8) is 0 Å². The van der Waals surface area contributed by atoms with Crippen molar-refractivity contribution in [2.75, 3.05) is 26.4 Å². The quantitative estimate of drug-likeness (QED) is 0.800. The fourth-order valence-electron chi connectivity index (χ4n) is 4.40. The minimum Gasteiger partial charge on any atom is -0.381 e. The molecule has 21 heavy (non-hydrogen) atoms. The van der Waals surface area contributed by atoms with Crippen molar-refractivity contribution in [2.24, 2.45) is 5.92 Å². The summed E-state index contributed by atoms with van der Waals surface area (Å²) in [4.78, 5) is 13.1. The van der Waals surface area contributed by atoms with Gasteiger partial charge in [-0.1, -0.05) is 0 Å². The summed E-state index contributed by atoms with van der Waals surface area (Å²) < 4.78 is 17.5. The Hall–Kier alpha value is -0.450. The number of rotatable bonds is 4. The minimum absolute atomic E-state index is 0.108. The van der Waals surface area contributed by atoms with Crippen LogP contribution in [0.3, 0.4) is 0 Å². The molecule has 3 fully saturated rings. The van der Waals surface area contributed by atoms with Gasteiger partial charge in [0.25, 0.3) is 0 Å². The van der Waals surface area contributed by atoms with Gasteiger partial charge in [-0.3, -0.25) is 4.79 Å². The smallest absolute Gasteiger partial charge is 0.167 e. The van der Waals surface area contributed by atoms with Gasteiger partial charge in [0.15, 0.2) is 5.78 Å². The molecule has 2 heterocycles. The highest BCUT2D eigenvalue weighted by Gasteiger charge is 2.49. The highest BCUT2D eigenvalue weighted by molar-refractivity contribution is 5.90. The molecule has 0 aromatic rings. The molecule has 1 saturated carbocycles. The van der Waals surface area contributed by atoms with Gasteiger partial charge in [-0.05, 0) is 58.3 Å². The lowest BCUT2D eigenvalue weighted by molar-refractivity contribution is -0.170. The van der Waals surface area contributed by atoms with Crippen LogP contribution >= 0.6 is 0 Å². The van der Waals surface area contributed by atoms with Crippen LogP contribution in [-0.4, -0.2) is 43.4 Å². The molecule has 4 heteroatoms. The number of ketones is 1. The summed E-state index contributed by atoms with van der Waals surface area (Å²) in [6.07, 6.45) is 7.64. The van der Waals surface area contributed by atoms with Gasteiger partial charge < -0.3 is 14.2 Å². The first-order chi connectivity index (χ1) is 10.2. The molecule has 1 atom stereocenters. The Bertz CT molecular complexity index is 361. The molecule has 0 aromatic carbocycles. The molecule has 1 unspecified atom stereocenters. The first kappa shape index (κ1) is 15.4. The molecule has 3 rings (SSSR count). The average molecular weight is 296 g/mol. The maximum Gasteiger partial charge on any atom is 0.167 e. The van der Waals surface area contributed by atoms with Crippen molar-refractivity contribution in [3.8, 4) is 0 Å². The van der Waals surface area contributed by atoms with Gasteiger partial charge in [0.1, 0.15) is 5.60 Å². The first-order valence-electron chi connectivity index (χ1n) is 8.60. The van der Waals surface area contributed by atoms with E-state index in [0.29, 0.717) is 19.0 Å². The standard InChI is InChI=1S/C17H28O4/c1-2-20-17(6-3-4-7-17)15(18)14-5-10-21-16(13-14)8-11-19-12-9-16/h14H,2-13H2,1H3. The summed E-state index contributed by atoms with van der Waals surface area (Å²) in [6, 6.07) is 0. The Labute approximate surface area is 127 Å². The SMILES string of the molecule is CCOC1(C(=O)C2CCOC3(CCOCC3)C2)CCCC1. The van der Waals surface area contributed by atoms with Crippen LogP contribution in [0.2, 0.25) is 0 Å². The number of carbonyl (C=O) groups is 1. The fraction of sp³-hybridized carbons (Fsp3) is 0.941. The second-order valence-electron chi connectivity index (χ2n) is 6.83. The molecule has 4 nitrogen and oxygen atoms in total. The maximum absolute atomic E-state index is 13.1. The lowest BCUT2D eigenvalue weighted by Gasteiger charge is -2.44. The summed E-state index contributed by atoms with van der Waals surface area (Å²) in [6.45, 7) is 4.86. The van der Waals surface area contributed by atoms with E-state index in [4.69, 9.17) is 14.2 Å². The zero-order valence-corrected chi connectivity index (χ0v) is 13.2. The third kappa shape index (κ3) is 3.03. The molecule has 2 saturated heterocycles. The normalized spacial score (nSPS) is 31.4. The van der Waals surface area contributed by atoms with Crippen molar-refractivity contribution in [1.29, 1.82) is 0 Å². The predicted molar refractivity (Wildman–Crippen MR) is 79.3 cm³/mol. The van der Waals surface area contributed by atoms with Crippen molar-refractivity contribution in [1.82, 2.24) is 0 Å². The van der Waals surface area contributed by atoms with Crippen LogP contribution in [0.1, 0.15) is 58.3 Å². The van der Waals surface area contributed by atoms with Crippen molar-refractivity contribution in [3.05, 3.63) is 0 Å². The largest absolute Gasteiger partial charge is 0.381 e. The van der Waals surface area contributed by atoms with E-state index >= 15 is 0 Å². The van der Waals surface area contributed by atoms with E-state index in [1.165, 1.54) is 0 Å². The van der Waals surface area contributed by atoms with E-state index in [1.807, 2.05) is 6.92 Å². The highest BCUT2D eigenvalue weighted by atomic mass is 16.5. The van der Waals surface area contributed by atoms with Crippen LogP contribution < -0.4 is 0 Å². The van der Waals surface area contributed by atoms with Crippen molar-refractivity contribution >= 4 is 5.78 Å². The van der Waals surface area contributed by atoms with Crippen LogP contribution in [-0.2, 0) is 19.0 Å². The second-order valence-corrected chi connectivity index (χ2v) is 6.83. The third-order valence-corrected chi connectivity index (χ3v) is 5.55. The molecule has 0 N–H and O–H groups in total. The Kier molecular flexibility index (Phi) is 4.67. The summed E-state index contributed by atoms with van der Waals surface area (Å²) in [5, 5.41) is 0. The summed E-state index contributed by atoms with van der Waals surface area (Å²) >= 11 is 0. The number of Topliss-reactive ketones (excluding diaryl/α,β-unsaturated/α-hetero) is 1. The first-order valence-corrected chi connectivity index (χ1v) is 8.60. The average Bonchev–Trinajstić information content (AvgIpc) is 2.97. The van der Waals surface area contributed by atoms with E-state index in [0.717, 1.165) is 64.6 Å². The molecular weight excluding hydrogens is 268 g/mol. The van der Waals surface area contributed by atoms with E-state index in [9.17, 15) is 4.79 Å². The molecule has 1 aliphatic carbocycles. The van der Waals surface area contributed by atoms with E-state index in [1.54, 1.807) is 0 Å². The lowest BCUT2D eigenvalue weighted by Crippen LogP contribution is -2.50. The minimum atomic E-state index is -0.483. The third-order valence-electron chi connectivity index (χ3n) is 5.55. The molecule has 0 amide bonds. The number of carbonyl (C=O) groups excluding carboxylic acids is 1.